The van der Waals surface area contributed by atoms with Gasteiger partial charge in [-0.25, -0.2) is 19.7 Å². The van der Waals surface area contributed by atoms with Crippen LogP contribution in [0.15, 0.2) is 60.9 Å². The number of aromatic nitrogens is 3. The van der Waals surface area contributed by atoms with Crippen LogP contribution in [0.2, 0.25) is 0 Å². The van der Waals surface area contributed by atoms with Crippen molar-refractivity contribution in [1.82, 2.24) is 19.9 Å². The van der Waals surface area contributed by atoms with E-state index in [-0.39, 0.29) is 24.0 Å². The average Bonchev–Trinajstić information content (AvgIpc) is 3.03. The van der Waals surface area contributed by atoms with Crippen LogP contribution in [0.25, 0.3) is 22.0 Å². The third kappa shape index (κ3) is 6.76. The van der Waals surface area contributed by atoms with E-state index in [0.29, 0.717) is 42.9 Å². The van der Waals surface area contributed by atoms with Crippen molar-refractivity contribution in [2.24, 2.45) is 5.92 Å². The van der Waals surface area contributed by atoms with E-state index in [0.717, 1.165) is 53.3 Å². The maximum atomic E-state index is 13.1. The zero-order chi connectivity index (χ0) is 32.4. The molecule has 0 spiro atoms. The van der Waals surface area contributed by atoms with Gasteiger partial charge in [-0.15, -0.1) is 0 Å². The SMILES string of the molecule is Cc1ccc2c(N3CCC[C@H](C)C3=O)cccc2c1Oc1ncccc1-c1ccnc(N[C@H]2CCCN(C(=O)OC(C)(C)C)C2)n1. The molecule has 240 valence electrons. The third-order valence-corrected chi connectivity index (χ3v) is 8.49. The summed E-state index contributed by atoms with van der Waals surface area (Å²) in [5.41, 5.74) is 2.69. The monoisotopic (exact) mass is 622 g/mol. The molecule has 4 heterocycles. The van der Waals surface area contributed by atoms with E-state index >= 15 is 0 Å². The summed E-state index contributed by atoms with van der Waals surface area (Å²) in [6.07, 6.45) is 6.75. The summed E-state index contributed by atoms with van der Waals surface area (Å²) in [5.74, 6) is 1.75. The second-order valence-corrected chi connectivity index (χ2v) is 13.3. The molecule has 0 unspecified atom stereocenters. The highest BCUT2D eigenvalue weighted by Gasteiger charge is 2.29. The summed E-state index contributed by atoms with van der Waals surface area (Å²) in [7, 11) is 0. The highest BCUT2D eigenvalue weighted by Crippen LogP contribution is 2.40. The molecule has 2 aromatic heterocycles. The lowest BCUT2D eigenvalue weighted by Gasteiger charge is -2.34. The van der Waals surface area contributed by atoms with E-state index in [4.69, 9.17) is 14.5 Å². The van der Waals surface area contributed by atoms with Crippen LogP contribution >= 0.6 is 0 Å². The molecule has 10 heteroatoms. The Balaban J connectivity index is 1.26. The predicted octanol–water partition coefficient (Wildman–Crippen LogP) is 7.37. The van der Waals surface area contributed by atoms with Crippen LogP contribution in [0.1, 0.15) is 58.9 Å². The molecular weight excluding hydrogens is 580 g/mol. The van der Waals surface area contributed by atoms with Crippen LogP contribution < -0.4 is 15.0 Å². The van der Waals surface area contributed by atoms with Crippen molar-refractivity contribution < 1.29 is 19.1 Å². The largest absolute Gasteiger partial charge is 0.444 e. The van der Waals surface area contributed by atoms with Crippen LogP contribution in [0.5, 0.6) is 11.6 Å². The number of ether oxygens (including phenoxy) is 2. The van der Waals surface area contributed by atoms with Crippen molar-refractivity contribution in [2.75, 3.05) is 29.9 Å². The molecule has 0 aliphatic carbocycles. The number of piperidine rings is 2. The molecule has 1 N–H and O–H groups in total. The normalized spacial score (nSPS) is 18.8. The molecule has 0 radical (unpaired) electrons. The van der Waals surface area contributed by atoms with Crippen molar-refractivity contribution >= 4 is 34.4 Å². The Morgan fingerprint density at radius 3 is 2.61 bits per heavy atom. The summed E-state index contributed by atoms with van der Waals surface area (Å²) in [4.78, 5) is 43.3. The average molecular weight is 623 g/mol. The van der Waals surface area contributed by atoms with Crippen molar-refractivity contribution in [3.05, 3.63) is 66.5 Å². The number of amides is 2. The van der Waals surface area contributed by atoms with E-state index in [9.17, 15) is 9.59 Å². The second kappa shape index (κ2) is 12.9. The highest BCUT2D eigenvalue weighted by molar-refractivity contribution is 6.06. The van der Waals surface area contributed by atoms with Gasteiger partial charge in [0.1, 0.15) is 11.4 Å². The number of nitrogens with zero attached hydrogens (tertiary/aromatic N) is 5. The lowest BCUT2D eigenvalue weighted by Crippen LogP contribution is -2.47. The van der Waals surface area contributed by atoms with Crippen molar-refractivity contribution in [3.63, 3.8) is 0 Å². The molecule has 0 bridgehead atoms. The summed E-state index contributed by atoms with van der Waals surface area (Å²) in [5, 5.41) is 5.30. The maximum Gasteiger partial charge on any atom is 0.410 e. The van der Waals surface area contributed by atoms with Gasteiger partial charge in [0.25, 0.3) is 0 Å². The lowest BCUT2D eigenvalue weighted by atomic mass is 9.97. The van der Waals surface area contributed by atoms with Gasteiger partial charge in [-0.1, -0.05) is 31.2 Å². The molecule has 2 aliphatic rings. The number of rotatable bonds is 6. The number of pyridine rings is 1. The van der Waals surface area contributed by atoms with Crippen molar-refractivity contribution in [3.8, 4) is 22.9 Å². The molecular formula is C36H42N6O4. The van der Waals surface area contributed by atoms with E-state index in [1.54, 1.807) is 17.3 Å². The van der Waals surface area contributed by atoms with E-state index in [1.807, 2.05) is 82.0 Å². The number of hydrogen-bond donors (Lipinski definition) is 1. The minimum atomic E-state index is -0.545. The molecule has 2 fully saturated rings. The van der Waals surface area contributed by atoms with Gasteiger partial charge in [0.05, 0.1) is 16.9 Å². The van der Waals surface area contributed by atoms with E-state index < -0.39 is 5.60 Å². The molecule has 4 aromatic rings. The number of hydrogen-bond acceptors (Lipinski definition) is 8. The first-order chi connectivity index (χ1) is 22.1. The Hall–Kier alpha value is -4.73. The van der Waals surface area contributed by atoms with Gasteiger partial charge in [-0.05, 0) is 83.2 Å². The molecule has 2 amide bonds. The number of anilines is 2. The number of benzene rings is 2. The fourth-order valence-electron chi connectivity index (χ4n) is 6.20. The summed E-state index contributed by atoms with van der Waals surface area (Å²) in [6, 6.07) is 15.7. The Morgan fingerprint density at radius 1 is 0.957 bits per heavy atom. The Morgan fingerprint density at radius 2 is 1.78 bits per heavy atom. The molecule has 2 aliphatic heterocycles. The minimum absolute atomic E-state index is 0.00974. The van der Waals surface area contributed by atoms with Crippen LogP contribution in [0.3, 0.4) is 0 Å². The summed E-state index contributed by atoms with van der Waals surface area (Å²) >= 11 is 0. The summed E-state index contributed by atoms with van der Waals surface area (Å²) < 4.78 is 12.2. The topological polar surface area (TPSA) is 110 Å². The van der Waals surface area contributed by atoms with Gasteiger partial charge >= 0.3 is 6.09 Å². The Labute approximate surface area is 270 Å². The Bertz CT molecular complexity index is 1750. The minimum Gasteiger partial charge on any atom is -0.444 e. The highest BCUT2D eigenvalue weighted by atomic mass is 16.6. The smallest absolute Gasteiger partial charge is 0.410 e. The quantitative estimate of drug-likeness (QED) is 0.237. The fraction of sp³-hybridized carbons (Fsp3) is 0.417. The summed E-state index contributed by atoms with van der Waals surface area (Å²) in [6.45, 7) is 11.5. The first kappa shape index (κ1) is 31.3. The van der Waals surface area contributed by atoms with E-state index in [2.05, 4.69) is 21.4 Å². The van der Waals surface area contributed by atoms with Crippen LogP contribution in [0, 0.1) is 12.8 Å². The molecule has 2 aromatic carbocycles. The lowest BCUT2D eigenvalue weighted by molar-refractivity contribution is -0.123. The van der Waals surface area contributed by atoms with Crippen LogP contribution in [0.4, 0.5) is 16.4 Å². The number of nitrogens with one attached hydrogen (secondary N) is 1. The standard InChI is InChI=1S/C36H42N6O4/c1-23-15-16-26-27(12-6-14-30(26)42-21-8-10-24(2)33(42)43)31(23)45-32-28(13-7-18-37-32)29-17-19-38-34(40-29)39-25-11-9-20-41(22-25)35(44)46-36(3,4)5/h6-7,12-19,24-25H,8-11,20-22H2,1-5H3,(H,38,39,40)/t24-,25-/m0/s1. The molecule has 2 atom stereocenters. The first-order valence-corrected chi connectivity index (χ1v) is 16.1. The van der Waals surface area contributed by atoms with E-state index in [1.165, 1.54) is 0 Å². The zero-order valence-electron chi connectivity index (χ0n) is 27.2. The molecule has 2 saturated heterocycles. The van der Waals surface area contributed by atoms with Gasteiger partial charge in [0.15, 0.2) is 0 Å². The fourth-order valence-corrected chi connectivity index (χ4v) is 6.20. The van der Waals surface area contributed by atoms with Crippen molar-refractivity contribution in [1.29, 1.82) is 0 Å². The molecule has 0 saturated carbocycles. The molecule has 6 rings (SSSR count). The zero-order valence-corrected chi connectivity index (χ0v) is 27.2. The first-order valence-electron chi connectivity index (χ1n) is 16.1. The number of carbonyl (C=O) groups is 2. The number of carbonyl (C=O) groups excluding carboxylic acids is 2. The Kier molecular flexibility index (Phi) is 8.80. The van der Waals surface area contributed by atoms with Crippen LogP contribution in [-0.2, 0) is 9.53 Å². The van der Waals surface area contributed by atoms with Gasteiger partial charge < -0.3 is 24.6 Å². The maximum absolute atomic E-state index is 13.1. The second-order valence-electron chi connectivity index (χ2n) is 13.3. The van der Waals surface area contributed by atoms with Gasteiger partial charge in [0.2, 0.25) is 17.7 Å². The number of likely N-dealkylation sites (tertiary alicyclic amines) is 1. The predicted molar refractivity (Wildman–Crippen MR) is 179 cm³/mol. The van der Waals surface area contributed by atoms with Gasteiger partial charge in [-0.3, -0.25) is 4.79 Å². The van der Waals surface area contributed by atoms with Gasteiger partial charge in [0, 0.05) is 54.8 Å². The van der Waals surface area contributed by atoms with Crippen LogP contribution in [-0.4, -0.2) is 63.1 Å². The number of aryl methyl sites for hydroxylation is 1. The van der Waals surface area contributed by atoms with Gasteiger partial charge in [-0.2, -0.15) is 0 Å². The number of fused-ring (bicyclic) bond motifs is 1. The third-order valence-electron chi connectivity index (χ3n) is 8.49. The molecule has 10 nitrogen and oxygen atoms in total. The van der Waals surface area contributed by atoms with Crippen molar-refractivity contribution in [2.45, 2.75) is 71.9 Å². The molecule has 46 heavy (non-hydrogen) atoms.